The molecule has 1 aromatic rings. The van der Waals surface area contributed by atoms with Gasteiger partial charge in [-0.25, -0.2) is 0 Å². The van der Waals surface area contributed by atoms with Crippen molar-refractivity contribution in [1.29, 1.82) is 0 Å². The number of nitrogens with one attached hydrogen (secondary N) is 1. The van der Waals surface area contributed by atoms with Gasteiger partial charge in [-0.2, -0.15) is 0 Å². The standard InChI is InChI=1S/C17H25NO2S/c1-20-13-4-5-16-14(11-13)15(3-2-10-21-16)18-12-17(6-7-17)8-9-19/h4-5,11,15,18-19H,2-3,6-10,12H2,1H3. The molecule has 0 amide bonds. The minimum Gasteiger partial charge on any atom is -0.497 e. The first-order valence-corrected chi connectivity index (χ1v) is 8.90. The number of hydrogen-bond donors (Lipinski definition) is 2. The van der Waals surface area contributed by atoms with E-state index in [4.69, 9.17) is 4.74 Å². The fraction of sp³-hybridized carbons (Fsp3) is 0.647. The molecule has 0 spiro atoms. The maximum atomic E-state index is 9.20. The van der Waals surface area contributed by atoms with Gasteiger partial charge in [-0.15, -0.1) is 11.8 Å². The van der Waals surface area contributed by atoms with Gasteiger partial charge in [0.1, 0.15) is 5.75 Å². The molecule has 1 fully saturated rings. The normalized spacial score (nSPS) is 23.2. The van der Waals surface area contributed by atoms with E-state index in [2.05, 4.69) is 23.5 Å². The number of thioether (sulfide) groups is 1. The van der Waals surface area contributed by atoms with Crippen molar-refractivity contribution in [3.63, 3.8) is 0 Å². The largest absolute Gasteiger partial charge is 0.497 e. The van der Waals surface area contributed by atoms with Gasteiger partial charge >= 0.3 is 0 Å². The molecule has 1 aliphatic carbocycles. The number of hydrogen-bond acceptors (Lipinski definition) is 4. The molecule has 2 N–H and O–H groups in total. The molecular formula is C17H25NO2S. The van der Waals surface area contributed by atoms with Crippen LogP contribution in [0.2, 0.25) is 0 Å². The Balaban J connectivity index is 1.73. The van der Waals surface area contributed by atoms with Crippen molar-refractivity contribution in [3.8, 4) is 5.75 Å². The predicted molar refractivity (Wildman–Crippen MR) is 87.1 cm³/mol. The van der Waals surface area contributed by atoms with E-state index in [1.54, 1.807) is 7.11 Å². The van der Waals surface area contributed by atoms with Crippen LogP contribution in [0, 0.1) is 5.41 Å². The van der Waals surface area contributed by atoms with Crippen LogP contribution in [0.3, 0.4) is 0 Å². The summed E-state index contributed by atoms with van der Waals surface area (Å²) in [5, 5.41) is 13.0. The topological polar surface area (TPSA) is 41.5 Å². The van der Waals surface area contributed by atoms with Gasteiger partial charge in [0, 0.05) is 24.1 Å². The maximum absolute atomic E-state index is 9.20. The van der Waals surface area contributed by atoms with Gasteiger partial charge in [-0.3, -0.25) is 0 Å². The zero-order valence-electron chi connectivity index (χ0n) is 12.7. The Hall–Kier alpha value is -0.710. The van der Waals surface area contributed by atoms with Gasteiger partial charge < -0.3 is 15.2 Å². The molecule has 1 aliphatic heterocycles. The molecule has 0 bridgehead atoms. The van der Waals surface area contributed by atoms with Crippen molar-refractivity contribution in [2.75, 3.05) is 26.0 Å². The van der Waals surface area contributed by atoms with E-state index in [0.29, 0.717) is 18.1 Å². The van der Waals surface area contributed by atoms with E-state index < -0.39 is 0 Å². The molecule has 0 saturated heterocycles. The Kier molecular flexibility index (Phi) is 4.77. The third-order valence-corrected chi connectivity index (χ3v) is 5.99. The van der Waals surface area contributed by atoms with Gasteiger partial charge in [0.05, 0.1) is 7.11 Å². The molecule has 1 atom stereocenters. The van der Waals surface area contributed by atoms with Crippen molar-refractivity contribution in [3.05, 3.63) is 23.8 Å². The summed E-state index contributed by atoms with van der Waals surface area (Å²) in [5.41, 5.74) is 1.75. The number of methoxy groups -OCH3 is 1. The van der Waals surface area contributed by atoms with Crippen LogP contribution in [0.1, 0.15) is 43.7 Å². The lowest BCUT2D eigenvalue weighted by Gasteiger charge is -2.23. The Labute approximate surface area is 131 Å². The summed E-state index contributed by atoms with van der Waals surface area (Å²) in [7, 11) is 1.73. The van der Waals surface area contributed by atoms with Crippen molar-refractivity contribution in [2.45, 2.75) is 43.0 Å². The van der Waals surface area contributed by atoms with E-state index in [1.807, 2.05) is 11.8 Å². The Morgan fingerprint density at radius 1 is 1.43 bits per heavy atom. The van der Waals surface area contributed by atoms with E-state index >= 15 is 0 Å². The quantitative estimate of drug-likeness (QED) is 0.845. The van der Waals surface area contributed by atoms with Crippen molar-refractivity contribution >= 4 is 11.8 Å². The molecule has 4 heteroatoms. The number of fused-ring (bicyclic) bond motifs is 1. The average molecular weight is 307 g/mol. The molecule has 21 heavy (non-hydrogen) atoms. The van der Waals surface area contributed by atoms with Gasteiger partial charge in [0.25, 0.3) is 0 Å². The molecule has 3 nitrogen and oxygen atoms in total. The molecule has 0 radical (unpaired) electrons. The summed E-state index contributed by atoms with van der Waals surface area (Å²) in [6, 6.07) is 6.86. The maximum Gasteiger partial charge on any atom is 0.119 e. The first kappa shape index (κ1) is 15.2. The molecule has 2 aliphatic rings. The lowest BCUT2D eigenvalue weighted by Crippen LogP contribution is -2.29. The average Bonchev–Trinajstić information content (AvgIpc) is 3.29. The SMILES string of the molecule is COc1ccc2c(c1)C(NCC1(CCO)CC1)CCCS2. The molecule has 1 heterocycles. The fourth-order valence-electron chi connectivity index (χ4n) is 3.16. The lowest BCUT2D eigenvalue weighted by atomic mass is 9.98. The van der Waals surface area contributed by atoms with Crippen LogP contribution in [0.5, 0.6) is 5.75 Å². The van der Waals surface area contributed by atoms with E-state index in [0.717, 1.165) is 18.7 Å². The third kappa shape index (κ3) is 3.55. The van der Waals surface area contributed by atoms with Gasteiger partial charge in [-0.1, -0.05) is 0 Å². The highest BCUT2D eigenvalue weighted by molar-refractivity contribution is 7.99. The van der Waals surface area contributed by atoms with Crippen molar-refractivity contribution < 1.29 is 9.84 Å². The highest BCUT2D eigenvalue weighted by Gasteiger charge is 2.41. The Morgan fingerprint density at radius 3 is 3.00 bits per heavy atom. The predicted octanol–water partition coefficient (Wildman–Crippen LogP) is 3.37. The zero-order chi connectivity index (χ0) is 14.7. The van der Waals surface area contributed by atoms with E-state index in [1.165, 1.54) is 41.9 Å². The smallest absolute Gasteiger partial charge is 0.119 e. The number of aliphatic hydroxyl groups excluding tert-OH is 1. The molecule has 116 valence electrons. The van der Waals surface area contributed by atoms with Crippen LogP contribution in [0.15, 0.2) is 23.1 Å². The number of aliphatic hydroxyl groups is 1. The summed E-state index contributed by atoms with van der Waals surface area (Å²) >= 11 is 1.96. The lowest BCUT2D eigenvalue weighted by molar-refractivity contribution is 0.241. The summed E-state index contributed by atoms with van der Waals surface area (Å²) in [5.74, 6) is 2.14. The monoisotopic (exact) mass is 307 g/mol. The second-order valence-corrected chi connectivity index (χ2v) is 7.44. The summed E-state index contributed by atoms with van der Waals surface area (Å²) in [6.07, 6.45) is 5.88. The second-order valence-electron chi connectivity index (χ2n) is 6.30. The Bertz CT molecular complexity index is 488. The zero-order valence-corrected chi connectivity index (χ0v) is 13.5. The summed E-state index contributed by atoms with van der Waals surface area (Å²) < 4.78 is 5.40. The van der Waals surface area contributed by atoms with E-state index in [-0.39, 0.29) is 0 Å². The van der Waals surface area contributed by atoms with Crippen LogP contribution in [-0.2, 0) is 0 Å². The van der Waals surface area contributed by atoms with Crippen LogP contribution in [0.25, 0.3) is 0 Å². The fourth-order valence-corrected chi connectivity index (χ4v) is 4.23. The molecule has 1 saturated carbocycles. The molecule has 1 aromatic carbocycles. The number of benzene rings is 1. The van der Waals surface area contributed by atoms with E-state index in [9.17, 15) is 5.11 Å². The summed E-state index contributed by atoms with van der Waals surface area (Å²) in [4.78, 5) is 1.39. The van der Waals surface area contributed by atoms with Crippen molar-refractivity contribution in [2.24, 2.45) is 5.41 Å². The summed E-state index contributed by atoms with van der Waals surface area (Å²) in [6.45, 7) is 1.34. The second kappa shape index (κ2) is 6.59. The van der Waals surface area contributed by atoms with Crippen LogP contribution in [0.4, 0.5) is 0 Å². The number of ether oxygens (including phenoxy) is 1. The molecule has 3 rings (SSSR count). The van der Waals surface area contributed by atoms with Crippen LogP contribution in [-0.4, -0.2) is 31.1 Å². The first-order valence-electron chi connectivity index (χ1n) is 7.91. The highest BCUT2D eigenvalue weighted by atomic mass is 32.2. The van der Waals surface area contributed by atoms with Crippen molar-refractivity contribution in [1.82, 2.24) is 5.32 Å². The highest BCUT2D eigenvalue weighted by Crippen LogP contribution is 2.48. The van der Waals surface area contributed by atoms with Crippen LogP contribution >= 0.6 is 11.8 Å². The van der Waals surface area contributed by atoms with Gasteiger partial charge in [0.15, 0.2) is 0 Å². The third-order valence-electron chi connectivity index (χ3n) is 4.81. The molecule has 1 unspecified atom stereocenters. The molecular weight excluding hydrogens is 282 g/mol. The Morgan fingerprint density at radius 2 is 2.29 bits per heavy atom. The minimum absolute atomic E-state index is 0.312. The first-order chi connectivity index (χ1) is 10.3. The minimum atomic E-state index is 0.312. The molecule has 0 aromatic heterocycles. The van der Waals surface area contributed by atoms with Crippen LogP contribution < -0.4 is 10.1 Å². The van der Waals surface area contributed by atoms with Gasteiger partial charge in [-0.05, 0) is 67.0 Å². The van der Waals surface area contributed by atoms with Gasteiger partial charge in [0.2, 0.25) is 0 Å². The number of rotatable bonds is 6.